The van der Waals surface area contributed by atoms with Gasteiger partial charge < -0.3 is 5.73 Å². The fraction of sp³-hybridized carbons (Fsp3) is 0.500. The van der Waals surface area contributed by atoms with Gasteiger partial charge >= 0.3 is 0 Å². The molecule has 0 heterocycles. The van der Waals surface area contributed by atoms with Crippen molar-refractivity contribution in [2.24, 2.45) is 5.73 Å². The SMILES string of the molecule is Cc1ccc2c(c1C)[C@H](N)CCC2. The van der Waals surface area contributed by atoms with Gasteiger partial charge in [0.2, 0.25) is 0 Å². The molecule has 1 aliphatic rings. The van der Waals surface area contributed by atoms with Crippen LogP contribution in [0.4, 0.5) is 0 Å². The zero-order chi connectivity index (χ0) is 9.42. The van der Waals surface area contributed by atoms with E-state index in [1.165, 1.54) is 35.1 Å². The molecule has 1 aliphatic carbocycles. The van der Waals surface area contributed by atoms with Crippen LogP contribution in [0.1, 0.15) is 41.1 Å². The van der Waals surface area contributed by atoms with Gasteiger partial charge in [0.1, 0.15) is 0 Å². The lowest BCUT2D eigenvalue weighted by atomic mass is 9.84. The monoisotopic (exact) mass is 175 g/mol. The molecule has 0 bridgehead atoms. The summed E-state index contributed by atoms with van der Waals surface area (Å²) in [6.45, 7) is 4.36. The molecule has 2 rings (SSSR count). The maximum absolute atomic E-state index is 6.12. The molecule has 70 valence electrons. The van der Waals surface area contributed by atoms with Crippen LogP contribution < -0.4 is 5.73 Å². The molecule has 2 N–H and O–H groups in total. The predicted molar refractivity (Wildman–Crippen MR) is 55.8 cm³/mol. The molecule has 1 nitrogen and oxygen atoms in total. The maximum Gasteiger partial charge on any atom is 0.0300 e. The molecule has 0 aliphatic heterocycles. The first-order chi connectivity index (χ1) is 6.20. The molecule has 0 spiro atoms. The first-order valence-corrected chi connectivity index (χ1v) is 5.04. The van der Waals surface area contributed by atoms with Crippen molar-refractivity contribution in [3.63, 3.8) is 0 Å². The first-order valence-electron chi connectivity index (χ1n) is 5.04. The van der Waals surface area contributed by atoms with Crippen molar-refractivity contribution >= 4 is 0 Å². The summed E-state index contributed by atoms with van der Waals surface area (Å²) in [6.07, 6.45) is 3.61. The van der Waals surface area contributed by atoms with E-state index in [0.29, 0.717) is 0 Å². The van der Waals surface area contributed by atoms with Crippen LogP contribution in [0.5, 0.6) is 0 Å². The molecule has 0 unspecified atom stereocenters. The lowest BCUT2D eigenvalue weighted by molar-refractivity contribution is 0.567. The Morgan fingerprint density at radius 2 is 2.08 bits per heavy atom. The summed E-state index contributed by atoms with van der Waals surface area (Å²) < 4.78 is 0. The second-order valence-corrected chi connectivity index (χ2v) is 4.08. The van der Waals surface area contributed by atoms with Gasteiger partial charge in [-0.2, -0.15) is 0 Å². The van der Waals surface area contributed by atoms with Crippen LogP contribution >= 0.6 is 0 Å². The molecule has 0 saturated heterocycles. The lowest BCUT2D eigenvalue weighted by Crippen LogP contribution is -2.19. The summed E-state index contributed by atoms with van der Waals surface area (Å²) in [4.78, 5) is 0. The van der Waals surface area contributed by atoms with E-state index in [1.807, 2.05) is 0 Å². The number of hydrogen-bond acceptors (Lipinski definition) is 1. The van der Waals surface area contributed by atoms with Gasteiger partial charge in [-0.3, -0.25) is 0 Å². The summed E-state index contributed by atoms with van der Waals surface area (Å²) >= 11 is 0. The second-order valence-electron chi connectivity index (χ2n) is 4.08. The summed E-state index contributed by atoms with van der Waals surface area (Å²) in [5.41, 5.74) is 11.8. The van der Waals surface area contributed by atoms with E-state index >= 15 is 0 Å². The minimum atomic E-state index is 0.281. The Labute approximate surface area is 80.0 Å². The van der Waals surface area contributed by atoms with Crippen molar-refractivity contribution in [2.75, 3.05) is 0 Å². The highest BCUT2D eigenvalue weighted by Crippen LogP contribution is 2.31. The van der Waals surface area contributed by atoms with E-state index in [4.69, 9.17) is 5.73 Å². The van der Waals surface area contributed by atoms with Crippen LogP contribution in [0, 0.1) is 13.8 Å². The van der Waals surface area contributed by atoms with Crippen LogP contribution in [0.2, 0.25) is 0 Å². The molecule has 0 amide bonds. The van der Waals surface area contributed by atoms with Gasteiger partial charge in [0.15, 0.2) is 0 Å². The lowest BCUT2D eigenvalue weighted by Gasteiger charge is -2.25. The van der Waals surface area contributed by atoms with Gasteiger partial charge in [0.05, 0.1) is 0 Å². The Kier molecular flexibility index (Phi) is 2.12. The van der Waals surface area contributed by atoms with Gasteiger partial charge in [-0.05, 0) is 55.4 Å². The van der Waals surface area contributed by atoms with Crippen LogP contribution in [-0.2, 0) is 6.42 Å². The number of fused-ring (bicyclic) bond motifs is 1. The Hall–Kier alpha value is -0.820. The molecule has 0 saturated carbocycles. The Bertz CT molecular complexity index is 328. The van der Waals surface area contributed by atoms with Gasteiger partial charge in [-0.15, -0.1) is 0 Å². The molecule has 1 aromatic carbocycles. The summed E-state index contributed by atoms with van der Waals surface area (Å²) in [5, 5.41) is 0. The highest BCUT2D eigenvalue weighted by atomic mass is 14.6. The first kappa shape index (κ1) is 8.76. The quantitative estimate of drug-likeness (QED) is 0.644. The Morgan fingerprint density at radius 3 is 2.85 bits per heavy atom. The van der Waals surface area contributed by atoms with E-state index in [9.17, 15) is 0 Å². The number of nitrogens with two attached hydrogens (primary N) is 1. The molecular weight excluding hydrogens is 158 g/mol. The average Bonchev–Trinajstić information content (AvgIpc) is 2.12. The normalized spacial score (nSPS) is 21.3. The molecule has 13 heavy (non-hydrogen) atoms. The molecular formula is C12H17N. The summed E-state index contributed by atoms with van der Waals surface area (Å²) in [5.74, 6) is 0. The average molecular weight is 175 g/mol. The van der Waals surface area contributed by atoms with Crippen molar-refractivity contribution in [1.82, 2.24) is 0 Å². The van der Waals surface area contributed by atoms with E-state index in [-0.39, 0.29) is 6.04 Å². The number of aryl methyl sites for hydroxylation is 2. The highest BCUT2D eigenvalue weighted by Gasteiger charge is 2.18. The van der Waals surface area contributed by atoms with Crippen LogP contribution in [0.25, 0.3) is 0 Å². The number of hydrogen-bond donors (Lipinski definition) is 1. The zero-order valence-corrected chi connectivity index (χ0v) is 8.43. The third kappa shape index (κ3) is 1.37. The van der Waals surface area contributed by atoms with Gasteiger partial charge in [-0.25, -0.2) is 0 Å². The standard InChI is InChI=1S/C12H17N/c1-8-6-7-10-4-3-5-11(13)12(10)9(8)2/h6-7,11H,3-5,13H2,1-2H3/t11-/m1/s1. The molecule has 0 radical (unpaired) electrons. The molecule has 1 aromatic rings. The van der Waals surface area contributed by atoms with Crippen molar-refractivity contribution in [1.29, 1.82) is 0 Å². The van der Waals surface area contributed by atoms with E-state index in [2.05, 4.69) is 26.0 Å². The summed E-state index contributed by atoms with van der Waals surface area (Å²) in [7, 11) is 0. The van der Waals surface area contributed by atoms with E-state index in [0.717, 1.165) is 6.42 Å². The third-order valence-corrected chi connectivity index (χ3v) is 3.21. The molecule has 0 fully saturated rings. The highest BCUT2D eigenvalue weighted by molar-refractivity contribution is 5.42. The Balaban J connectivity index is 2.58. The van der Waals surface area contributed by atoms with Crippen molar-refractivity contribution in [2.45, 2.75) is 39.2 Å². The molecule has 1 atom stereocenters. The van der Waals surface area contributed by atoms with Gasteiger partial charge in [-0.1, -0.05) is 12.1 Å². The van der Waals surface area contributed by atoms with E-state index in [1.54, 1.807) is 0 Å². The fourth-order valence-electron chi connectivity index (χ4n) is 2.28. The van der Waals surface area contributed by atoms with Crippen LogP contribution in [0.3, 0.4) is 0 Å². The van der Waals surface area contributed by atoms with Crippen LogP contribution in [0.15, 0.2) is 12.1 Å². The van der Waals surface area contributed by atoms with Crippen molar-refractivity contribution in [3.8, 4) is 0 Å². The minimum absolute atomic E-state index is 0.281. The maximum atomic E-state index is 6.12. The predicted octanol–water partition coefficient (Wildman–Crippen LogP) is 2.64. The van der Waals surface area contributed by atoms with Gasteiger partial charge in [0.25, 0.3) is 0 Å². The van der Waals surface area contributed by atoms with Crippen molar-refractivity contribution < 1.29 is 0 Å². The molecule has 0 aromatic heterocycles. The zero-order valence-electron chi connectivity index (χ0n) is 8.43. The molecule has 1 heteroatoms. The number of benzene rings is 1. The topological polar surface area (TPSA) is 26.0 Å². The smallest absolute Gasteiger partial charge is 0.0300 e. The summed E-state index contributed by atoms with van der Waals surface area (Å²) in [6, 6.07) is 4.74. The van der Waals surface area contributed by atoms with Crippen LogP contribution in [-0.4, -0.2) is 0 Å². The van der Waals surface area contributed by atoms with E-state index < -0.39 is 0 Å². The largest absolute Gasteiger partial charge is 0.324 e. The third-order valence-electron chi connectivity index (χ3n) is 3.21. The second kappa shape index (κ2) is 3.15. The fourth-order valence-corrected chi connectivity index (χ4v) is 2.28. The van der Waals surface area contributed by atoms with Gasteiger partial charge in [0, 0.05) is 6.04 Å². The number of rotatable bonds is 0. The minimum Gasteiger partial charge on any atom is -0.324 e. The van der Waals surface area contributed by atoms with Crippen molar-refractivity contribution in [3.05, 3.63) is 34.4 Å². The Morgan fingerprint density at radius 1 is 1.31 bits per heavy atom.